The van der Waals surface area contributed by atoms with Crippen molar-refractivity contribution >= 4 is 12.6 Å². The molecule has 0 saturated carbocycles. The van der Waals surface area contributed by atoms with Crippen LogP contribution >= 0.6 is 12.6 Å². The Kier molecular flexibility index (Phi) is 6.03. The summed E-state index contributed by atoms with van der Waals surface area (Å²) in [5.74, 6) is 1.84. The molecule has 1 N–H and O–H groups in total. The lowest BCUT2D eigenvalue weighted by atomic mass is 9.83. The highest BCUT2D eigenvalue weighted by Crippen LogP contribution is 2.32. The maximum Gasteiger partial charge on any atom is 0.122 e. The van der Waals surface area contributed by atoms with Crippen LogP contribution in [-0.4, -0.2) is 26.0 Å². The molecule has 0 fully saturated rings. The van der Waals surface area contributed by atoms with Crippen molar-refractivity contribution in [1.82, 2.24) is 5.32 Å². The molecule has 0 spiro atoms. The Hall–Kier alpha value is -0.670. The molecule has 3 heteroatoms. The molecule has 0 aliphatic rings. The first-order valence-electron chi connectivity index (χ1n) is 6.54. The van der Waals surface area contributed by atoms with Gasteiger partial charge >= 0.3 is 0 Å². The van der Waals surface area contributed by atoms with E-state index in [4.69, 9.17) is 4.74 Å². The number of rotatable bonds is 7. The predicted molar refractivity (Wildman–Crippen MR) is 82.1 cm³/mol. The van der Waals surface area contributed by atoms with Crippen LogP contribution in [0.25, 0.3) is 0 Å². The smallest absolute Gasteiger partial charge is 0.122 e. The van der Waals surface area contributed by atoms with Crippen molar-refractivity contribution < 1.29 is 4.74 Å². The highest BCUT2D eigenvalue weighted by Gasteiger charge is 2.24. The van der Waals surface area contributed by atoms with E-state index in [-0.39, 0.29) is 5.41 Å². The van der Waals surface area contributed by atoms with Gasteiger partial charge in [0.15, 0.2) is 0 Å². The van der Waals surface area contributed by atoms with E-state index in [0.717, 1.165) is 31.0 Å². The SMILES string of the molecule is CCc1ccc(OC)c(C(C)(C)CNCCS)c1. The lowest BCUT2D eigenvalue weighted by Gasteiger charge is -2.28. The van der Waals surface area contributed by atoms with Crippen LogP contribution in [0.4, 0.5) is 0 Å². The number of aryl methyl sites for hydroxylation is 1. The Balaban J connectivity index is 2.96. The van der Waals surface area contributed by atoms with Crippen molar-refractivity contribution in [3.8, 4) is 5.75 Å². The van der Waals surface area contributed by atoms with Gasteiger partial charge in [-0.1, -0.05) is 32.9 Å². The second-order valence-electron chi connectivity index (χ2n) is 5.17. The van der Waals surface area contributed by atoms with Crippen molar-refractivity contribution in [2.24, 2.45) is 0 Å². The molecule has 0 aromatic heterocycles. The van der Waals surface area contributed by atoms with Crippen LogP contribution in [0.3, 0.4) is 0 Å². The molecule has 1 aromatic carbocycles. The van der Waals surface area contributed by atoms with E-state index < -0.39 is 0 Å². The van der Waals surface area contributed by atoms with Crippen LogP contribution in [0.15, 0.2) is 18.2 Å². The summed E-state index contributed by atoms with van der Waals surface area (Å²) in [6.45, 7) is 8.53. The van der Waals surface area contributed by atoms with Gasteiger partial charge in [-0.05, 0) is 18.1 Å². The molecule has 0 aliphatic heterocycles. The number of nitrogens with one attached hydrogen (secondary N) is 1. The molecule has 1 rings (SSSR count). The molecule has 0 amide bonds. The fraction of sp³-hybridized carbons (Fsp3) is 0.600. The Bertz CT molecular complexity index is 377. The third kappa shape index (κ3) is 3.92. The zero-order valence-corrected chi connectivity index (χ0v) is 12.8. The molecule has 0 bridgehead atoms. The Morgan fingerprint density at radius 2 is 2.06 bits per heavy atom. The molecule has 18 heavy (non-hydrogen) atoms. The Morgan fingerprint density at radius 3 is 2.61 bits per heavy atom. The second kappa shape index (κ2) is 7.05. The van der Waals surface area contributed by atoms with Crippen molar-refractivity contribution in [2.75, 3.05) is 26.0 Å². The van der Waals surface area contributed by atoms with Crippen LogP contribution < -0.4 is 10.1 Å². The first kappa shape index (κ1) is 15.4. The fourth-order valence-corrected chi connectivity index (χ4v) is 2.24. The molecule has 0 saturated heterocycles. The van der Waals surface area contributed by atoms with E-state index in [1.54, 1.807) is 7.11 Å². The van der Waals surface area contributed by atoms with E-state index in [9.17, 15) is 0 Å². The van der Waals surface area contributed by atoms with Gasteiger partial charge in [0.25, 0.3) is 0 Å². The minimum absolute atomic E-state index is 0.0550. The molecule has 1 aromatic rings. The van der Waals surface area contributed by atoms with Gasteiger partial charge < -0.3 is 10.1 Å². The van der Waals surface area contributed by atoms with E-state index in [1.807, 2.05) is 0 Å². The Morgan fingerprint density at radius 1 is 1.33 bits per heavy atom. The maximum absolute atomic E-state index is 5.49. The van der Waals surface area contributed by atoms with Gasteiger partial charge in [0.2, 0.25) is 0 Å². The number of hydrogen-bond acceptors (Lipinski definition) is 3. The Labute approximate surface area is 117 Å². The zero-order chi connectivity index (χ0) is 13.6. The minimum atomic E-state index is 0.0550. The first-order valence-corrected chi connectivity index (χ1v) is 7.17. The summed E-state index contributed by atoms with van der Waals surface area (Å²) in [4.78, 5) is 0. The lowest BCUT2D eigenvalue weighted by molar-refractivity contribution is 0.386. The summed E-state index contributed by atoms with van der Waals surface area (Å²) in [6.07, 6.45) is 1.05. The molecule has 0 heterocycles. The van der Waals surface area contributed by atoms with Gasteiger partial charge in [-0.25, -0.2) is 0 Å². The van der Waals surface area contributed by atoms with Gasteiger partial charge in [0.1, 0.15) is 5.75 Å². The minimum Gasteiger partial charge on any atom is -0.496 e. The van der Waals surface area contributed by atoms with Crippen LogP contribution in [0.5, 0.6) is 5.75 Å². The average molecular weight is 267 g/mol. The highest BCUT2D eigenvalue weighted by molar-refractivity contribution is 7.80. The molecular formula is C15H25NOS. The summed E-state index contributed by atoms with van der Waals surface area (Å²) >= 11 is 4.22. The summed E-state index contributed by atoms with van der Waals surface area (Å²) in [5.41, 5.74) is 2.68. The molecular weight excluding hydrogens is 242 g/mol. The number of thiol groups is 1. The number of methoxy groups -OCH3 is 1. The third-order valence-electron chi connectivity index (χ3n) is 3.26. The van der Waals surface area contributed by atoms with E-state index in [0.29, 0.717) is 0 Å². The monoisotopic (exact) mass is 267 g/mol. The second-order valence-corrected chi connectivity index (χ2v) is 5.62. The van der Waals surface area contributed by atoms with Gasteiger partial charge in [0, 0.05) is 29.8 Å². The first-order chi connectivity index (χ1) is 8.55. The molecule has 2 nitrogen and oxygen atoms in total. The number of ether oxygens (including phenoxy) is 1. The maximum atomic E-state index is 5.49. The quantitative estimate of drug-likeness (QED) is 0.585. The summed E-state index contributed by atoms with van der Waals surface area (Å²) in [5, 5.41) is 3.43. The van der Waals surface area contributed by atoms with Crippen LogP contribution in [-0.2, 0) is 11.8 Å². The lowest BCUT2D eigenvalue weighted by Crippen LogP contribution is -2.34. The van der Waals surface area contributed by atoms with E-state index in [2.05, 4.69) is 56.9 Å². The van der Waals surface area contributed by atoms with Crippen LogP contribution in [0.1, 0.15) is 31.9 Å². The molecule has 102 valence electrons. The number of benzene rings is 1. The highest BCUT2D eigenvalue weighted by atomic mass is 32.1. The topological polar surface area (TPSA) is 21.3 Å². The van der Waals surface area contributed by atoms with Crippen molar-refractivity contribution in [2.45, 2.75) is 32.6 Å². The van der Waals surface area contributed by atoms with E-state index >= 15 is 0 Å². The van der Waals surface area contributed by atoms with Gasteiger partial charge in [-0.3, -0.25) is 0 Å². The normalized spacial score (nSPS) is 11.6. The van der Waals surface area contributed by atoms with Gasteiger partial charge in [-0.2, -0.15) is 12.6 Å². The van der Waals surface area contributed by atoms with Crippen LogP contribution in [0.2, 0.25) is 0 Å². The molecule has 0 unspecified atom stereocenters. The largest absolute Gasteiger partial charge is 0.496 e. The standard InChI is InChI=1S/C15H25NOS/c1-5-12-6-7-14(17-4)13(10-12)15(2,3)11-16-8-9-18/h6-7,10,16,18H,5,8-9,11H2,1-4H3. The van der Waals surface area contributed by atoms with Gasteiger partial charge in [-0.15, -0.1) is 0 Å². The fourth-order valence-electron chi connectivity index (χ4n) is 2.08. The number of hydrogen-bond donors (Lipinski definition) is 2. The van der Waals surface area contributed by atoms with Crippen molar-refractivity contribution in [3.05, 3.63) is 29.3 Å². The zero-order valence-electron chi connectivity index (χ0n) is 11.9. The van der Waals surface area contributed by atoms with Crippen LogP contribution in [0, 0.1) is 0 Å². The van der Waals surface area contributed by atoms with E-state index in [1.165, 1.54) is 11.1 Å². The summed E-state index contributed by atoms with van der Waals surface area (Å²) < 4.78 is 5.49. The molecule has 0 radical (unpaired) electrons. The van der Waals surface area contributed by atoms with Crippen molar-refractivity contribution in [1.29, 1.82) is 0 Å². The van der Waals surface area contributed by atoms with Gasteiger partial charge in [0.05, 0.1) is 7.11 Å². The summed E-state index contributed by atoms with van der Waals surface area (Å²) in [7, 11) is 1.74. The molecule has 0 atom stereocenters. The average Bonchev–Trinajstić information content (AvgIpc) is 2.38. The predicted octanol–water partition coefficient (Wildman–Crippen LogP) is 3.05. The summed E-state index contributed by atoms with van der Waals surface area (Å²) in [6, 6.07) is 6.48. The van der Waals surface area contributed by atoms with Crippen molar-refractivity contribution in [3.63, 3.8) is 0 Å². The molecule has 0 aliphatic carbocycles. The third-order valence-corrected chi connectivity index (χ3v) is 3.48.